The fourth-order valence-electron chi connectivity index (χ4n) is 1.85. The molecule has 0 bridgehead atoms. The summed E-state index contributed by atoms with van der Waals surface area (Å²) >= 11 is 0. The Morgan fingerprint density at radius 2 is 1.69 bits per heavy atom. The molecule has 1 unspecified atom stereocenters. The van der Waals surface area contributed by atoms with Gasteiger partial charge in [0.15, 0.2) is 0 Å². The highest BCUT2D eigenvalue weighted by Crippen LogP contribution is 2.27. The Bertz CT molecular complexity index is 189. The lowest BCUT2D eigenvalue weighted by Crippen LogP contribution is -2.45. The monoisotopic (exact) mass is 225 g/mol. The van der Waals surface area contributed by atoms with Crippen LogP contribution in [0.2, 0.25) is 0 Å². The van der Waals surface area contributed by atoms with Gasteiger partial charge in [0.1, 0.15) is 0 Å². The predicted molar refractivity (Wildman–Crippen MR) is 74.8 cm³/mol. The van der Waals surface area contributed by atoms with Gasteiger partial charge in [-0.3, -0.25) is 4.90 Å². The van der Waals surface area contributed by atoms with Gasteiger partial charge in [-0.1, -0.05) is 46.3 Å². The van der Waals surface area contributed by atoms with E-state index in [-0.39, 0.29) is 0 Å². The number of nitrogens with zero attached hydrogens (tertiary/aromatic N) is 1. The summed E-state index contributed by atoms with van der Waals surface area (Å²) in [6.07, 6.45) is 4.21. The molecule has 0 saturated heterocycles. The summed E-state index contributed by atoms with van der Waals surface area (Å²) in [6.45, 7) is 18.3. The molecule has 0 aromatic heterocycles. The van der Waals surface area contributed by atoms with E-state index in [2.05, 4.69) is 53.0 Å². The molecule has 0 radical (unpaired) electrons. The normalized spacial score (nSPS) is 17.8. The van der Waals surface area contributed by atoms with Crippen molar-refractivity contribution in [2.24, 2.45) is 5.92 Å². The molecule has 1 aliphatic rings. The highest BCUT2D eigenvalue weighted by molar-refractivity contribution is 5.02. The summed E-state index contributed by atoms with van der Waals surface area (Å²) in [6, 6.07) is 1.42. The number of hydrogen-bond donors (Lipinski definition) is 0. The first kappa shape index (κ1) is 15.7. The van der Waals surface area contributed by atoms with Crippen LogP contribution in [0.4, 0.5) is 0 Å². The topological polar surface area (TPSA) is 3.24 Å². The first-order valence-electron chi connectivity index (χ1n) is 6.81. The van der Waals surface area contributed by atoms with Crippen molar-refractivity contribution in [3.63, 3.8) is 0 Å². The molecule has 1 aliphatic carbocycles. The van der Waals surface area contributed by atoms with E-state index in [1.54, 1.807) is 0 Å². The minimum atomic E-state index is 0.570. The molecule has 1 saturated carbocycles. The SMILES string of the molecule is C=C(C)C(C)N(CC)C1CCC1.CC(C)C. The standard InChI is InChI=1S/C11H21N.C4H10/c1-5-12(10(4)9(2)3)11-7-6-8-11;1-4(2)3/h10-11H,2,5-8H2,1,3-4H3;4H,1-3H3. The fraction of sp³-hybridized carbons (Fsp3) is 0.867. The maximum absolute atomic E-state index is 4.02. The fourth-order valence-corrected chi connectivity index (χ4v) is 1.85. The van der Waals surface area contributed by atoms with Crippen molar-refractivity contribution in [2.45, 2.75) is 72.9 Å². The molecular weight excluding hydrogens is 194 g/mol. The molecular formula is C15H31N. The summed E-state index contributed by atoms with van der Waals surface area (Å²) in [5.74, 6) is 0.833. The van der Waals surface area contributed by atoms with Crippen LogP contribution >= 0.6 is 0 Å². The Morgan fingerprint density at radius 1 is 1.25 bits per heavy atom. The zero-order valence-electron chi connectivity index (χ0n) is 12.2. The lowest BCUT2D eigenvalue weighted by atomic mass is 9.90. The average molecular weight is 225 g/mol. The van der Waals surface area contributed by atoms with E-state index in [0.29, 0.717) is 6.04 Å². The molecule has 1 nitrogen and oxygen atoms in total. The third kappa shape index (κ3) is 5.69. The van der Waals surface area contributed by atoms with Crippen LogP contribution in [0.25, 0.3) is 0 Å². The van der Waals surface area contributed by atoms with E-state index in [0.717, 1.165) is 12.0 Å². The van der Waals surface area contributed by atoms with Crippen molar-refractivity contribution >= 4 is 0 Å². The molecule has 1 fully saturated rings. The van der Waals surface area contributed by atoms with Gasteiger partial charge in [-0.15, -0.1) is 0 Å². The molecule has 0 spiro atoms. The van der Waals surface area contributed by atoms with Crippen molar-refractivity contribution in [1.29, 1.82) is 0 Å². The van der Waals surface area contributed by atoms with Gasteiger partial charge in [0.25, 0.3) is 0 Å². The van der Waals surface area contributed by atoms with Crippen LogP contribution in [0.15, 0.2) is 12.2 Å². The van der Waals surface area contributed by atoms with Crippen molar-refractivity contribution in [2.75, 3.05) is 6.54 Å². The van der Waals surface area contributed by atoms with Crippen LogP contribution in [0.5, 0.6) is 0 Å². The summed E-state index contributed by atoms with van der Waals surface area (Å²) in [4.78, 5) is 2.58. The van der Waals surface area contributed by atoms with Gasteiger partial charge in [0.2, 0.25) is 0 Å². The van der Waals surface area contributed by atoms with Gasteiger partial charge in [-0.2, -0.15) is 0 Å². The minimum Gasteiger partial charge on any atom is -0.294 e. The van der Waals surface area contributed by atoms with E-state index in [9.17, 15) is 0 Å². The Morgan fingerprint density at radius 3 is 1.88 bits per heavy atom. The van der Waals surface area contributed by atoms with Crippen LogP contribution in [-0.4, -0.2) is 23.5 Å². The summed E-state index contributed by atoms with van der Waals surface area (Å²) in [5.41, 5.74) is 1.30. The van der Waals surface area contributed by atoms with Crippen molar-refractivity contribution in [1.82, 2.24) is 4.90 Å². The number of likely N-dealkylation sites (N-methyl/N-ethyl adjacent to an activating group) is 1. The molecule has 16 heavy (non-hydrogen) atoms. The second-order valence-electron chi connectivity index (χ2n) is 5.67. The Kier molecular flexibility index (Phi) is 7.74. The van der Waals surface area contributed by atoms with Crippen LogP contribution in [-0.2, 0) is 0 Å². The Labute approximate surface area is 103 Å². The van der Waals surface area contributed by atoms with Gasteiger partial charge >= 0.3 is 0 Å². The molecule has 0 amide bonds. The summed E-state index contributed by atoms with van der Waals surface area (Å²) < 4.78 is 0. The average Bonchev–Trinajstić information content (AvgIpc) is 2.08. The van der Waals surface area contributed by atoms with E-state index >= 15 is 0 Å². The van der Waals surface area contributed by atoms with Crippen LogP contribution in [0.1, 0.15) is 60.8 Å². The lowest BCUT2D eigenvalue weighted by Gasteiger charge is -2.41. The predicted octanol–water partition coefficient (Wildman–Crippen LogP) is 4.49. The minimum absolute atomic E-state index is 0.570. The largest absolute Gasteiger partial charge is 0.294 e. The first-order valence-corrected chi connectivity index (χ1v) is 6.81. The van der Waals surface area contributed by atoms with Crippen LogP contribution < -0.4 is 0 Å². The number of hydrogen-bond acceptors (Lipinski definition) is 1. The molecule has 0 N–H and O–H groups in total. The van der Waals surface area contributed by atoms with Gasteiger partial charge in [-0.25, -0.2) is 0 Å². The molecule has 0 aliphatic heterocycles. The molecule has 0 aromatic carbocycles. The summed E-state index contributed by atoms with van der Waals surface area (Å²) in [5, 5.41) is 0. The second kappa shape index (κ2) is 7.89. The molecule has 0 aromatic rings. The molecule has 1 atom stereocenters. The lowest BCUT2D eigenvalue weighted by molar-refractivity contribution is 0.108. The maximum atomic E-state index is 4.02. The van der Waals surface area contributed by atoms with Gasteiger partial charge in [-0.05, 0) is 39.2 Å². The van der Waals surface area contributed by atoms with Crippen molar-refractivity contribution < 1.29 is 0 Å². The zero-order valence-corrected chi connectivity index (χ0v) is 12.2. The second-order valence-corrected chi connectivity index (χ2v) is 5.67. The van der Waals surface area contributed by atoms with E-state index in [4.69, 9.17) is 0 Å². The third-order valence-corrected chi connectivity index (χ3v) is 3.12. The van der Waals surface area contributed by atoms with Crippen molar-refractivity contribution in [3.8, 4) is 0 Å². The van der Waals surface area contributed by atoms with E-state index < -0.39 is 0 Å². The molecule has 1 heteroatoms. The maximum Gasteiger partial charge on any atom is 0.0276 e. The quantitative estimate of drug-likeness (QED) is 0.637. The summed E-state index contributed by atoms with van der Waals surface area (Å²) in [7, 11) is 0. The van der Waals surface area contributed by atoms with Crippen LogP contribution in [0, 0.1) is 5.92 Å². The highest BCUT2D eigenvalue weighted by atomic mass is 15.2. The van der Waals surface area contributed by atoms with Gasteiger partial charge < -0.3 is 0 Å². The van der Waals surface area contributed by atoms with E-state index in [1.807, 2.05) is 0 Å². The Balaban J connectivity index is 0.000000487. The number of rotatable bonds is 4. The van der Waals surface area contributed by atoms with Gasteiger partial charge in [0, 0.05) is 12.1 Å². The van der Waals surface area contributed by atoms with Crippen molar-refractivity contribution in [3.05, 3.63) is 12.2 Å². The smallest absolute Gasteiger partial charge is 0.0276 e. The first-order chi connectivity index (χ1) is 7.40. The highest BCUT2D eigenvalue weighted by Gasteiger charge is 2.27. The van der Waals surface area contributed by atoms with Gasteiger partial charge in [0.05, 0.1) is 0 Å². The zero-order chi connectivity index (χ0) is 12.7. The molecule has 0 heterocycles. The van der Waals surface area contributed by atoms with Crippen LogP contribution in [0.3, 0.4) is 0 Å². The third-order valence-electron chi connectivity index (χ3n) is 3.12. The van der Waals surface area contributed by atoms with E-state index in [1.165, 1.54) is 31.4 Å². The molecule has 1 rings (SSSR count). The molecule has 96 valence electrons. The Hall–Kier alpha value is -0.300.